The third kappa shape index (κ3) is 4.05. The highest BCUT2D eigenvalue weighted by Crippen LogP contribution is 2.60. The van der Waals surface area contributed by atoms with Crippen LogP contribution in [-0.2, 0) is 9.59 Å². The summed E-state index contributed by atoms with van der Waals surface area (Å²) in [5, 5.41) is 7.02. The summed E-state index contributed by atoms with van der Waals surface area (Å²) in [6, 6.07) is 7.81. The first-order valence-corrected chi connectivity index (χ1v) is 11.7. The monoisotopic (exact) mass is 414 g/mol. The van der Waals surface area contributed by atoms with E-state index in [2.05, 4.69) is 10.6 Å². The van der Waals surface area contributed by atoms with Gasteiger partial charge < -0.3 is 10.6 Å². The van der Waals surface area contributed by atoms with Crippen LogP contribution in [0.15, 0.2) is 24.3 Å². The first-order chi connectivity index (χ1) is 14.0. The highest BCUT2D eigenvalue weighted by Gasteiger charge is 2.54. The van der Waals surface area contributed by atoms with Crippen molar-refractivity contribution >= 4 is 23.4 Å². The Morgan fingerprint density at radius 3 is 2.14 bits per heavy atom. The number of hydrogen-bond donors (Lipinski definition) is 2. The Kier molecular flexibility index (Phi) is 5.09. The fraction of sp³-hybridized carbons (Fsp3) is 0.667. The molecule has 1 aromatic rings. The largest absolute Gasteiger partial charge is 0.355 e. The zero-order chi connectivity index (χ0) is 20.0. The number of hydrogen-bond acceptors (Lipinski definition) is 2. The number of nitrogens with one attached hydrogen (secondary N) is 2. The van der Waals surface area contributed by atoms with Crippen LogP contribution in [0.25, 0.3) is 0 Å². The van der Waals surface area contributed by atoms with Gasteiger partial charge in [-0.15, -0.1) is 0 Å². The molecule has 0 saturated heterocycles. The van der Waals surface area contributed by atoms with Crippen molar-refractivity contribution in [1.82, 2.24) is 10.6 Å². The van der Waals surface area contributed by atoms with Crippen LogP contribution in [0.3, 0.4) is 0 Å². The normalized spacial score (nSPS) is 33.3. The molecule has 1 unspecified atom stereocenters. The van der Waals surface area contributed by atoms with Crippen LogP contribution in [0.4, 0.5) is 0 Å². The summed E-state index contributed by atoms with van der Waals surface area (Å²) in [6.45, 7) is 0.435. The summed E-state index contributed by atoms with van der Waals surface area (Å²) in [7, 11) is 0. The Morgan fingerprint density at radius 2 is 1.59 bits per heavy atom. The molecule has 4 bridgehead atoms. The van der Waals surface area contributed by atoms with Gasteiger partial charge in [-0.2, -0.15) is 0 Å². The number of amides is 2. The highest BCUT2D eigenvalue weighted by atomic mass is 35.5. The summed E-state index contributed by atoms with van der Waals surface area (Å²) in [5.74, 6) is 3.02. The molecule has 5 aliphatic carbocycles. The van der Waals surface area contributed by atoms with Gasteiger partial charge in [-0.3, -0.25) is 9.59 Å². The standard InChI is InChI=1S/C24H31ClN2O2/c25-20-5-3-19(4-6-20)22(18-1-2-18)27-21(28)7-8-26-23(29)24-12-15-9-16(13-24)11-17(10-15)14-24/h3-6,15-18,22H,1-2,7-14H2,(H,26,29)(H,27,28). The summed E-state index contributed by atoms with van der Waals surface area (Å²) in [6.07, 6.45) is 9.85. The molecule has 1 aromatic carbocycles. The second-order valence-electron chi connectivity index (χ2n) is 10.1. The van der Waals surface area contributed by atoms with Crippen molar-refractivity contribution in [2.75, 3.05) is 6.54 Å². The van der Waals surface area contributed by atoms with Gasteiger partial charge in [0.2, 0.25) is 11.8 Å². The molecule has 6 rings (SSSR count). The maximum atomic E-state index is 13.0. The van der Waals surface area contributed by atoms with E-state index >= 15 is 0 Å². The van der Waals surface area contributed by atoms with Crippen molar-refractivity contribution < 1.29 is 9.59 Å². The molecular formula is C24H31ClN2O2. The molecule has 0 aromatic heterocycles. The van der Waals surface area contributed by atoms with E-state index in [0.717, 1.165) is 55.4 Å². The lowest BCUT2D eigenvalue weighted by atomic mass is 9.49. The molecule has 4 nitrogen and oxygen atoms in total. The second kappa shape index (κ2) is 7.61. The Labute approximate surface area is 178 Å². The zero-order valence-electron chi connectivity index (χ0n) is 17.0. The molecule has 29 heavy (non-hydrogen) atoms. The zero-order valence-corrected chi connectivity index (χ0v) is 17.7. The van der Waals surface area contributed by atoms with E-state index < -0.39 is 0 Å². The second-order valence-corrected chi connectivity index (χ2v) is 10.6. The quantitative estimate of drug-likeness (QED) is 0.683. The van der Waals surface area contributed by atoms with Crippen LogP contribution >= 0.6 is 11.6 Å². The summed E-state index contributed by atoms with van der Waals surface area (Å²) in [4.78, 5) is 25.6. The molecule has 2 amide bonds. The van der Waals surface area contributed by atoms with Crippen molar-refractivity contribution in [3.63, 3.8) is 0 Å². The molecular weight excluding hydrogens is 384 g/mol. The number of benzene rings is 1. The van der Waals surface area contributed by atoms with Crippen molar-refractivity contribution in [3.8, 4) is 0 Å². The molecule has 5 heteroatoms. The van der Waals surface area contributed by atoms with Crippen molar-refractivity contribution in [3.05, 3.63) is 34.9 Å². The Hall–Kier alpha value is -1.55. The van der Waals surface area contributed by atoms with E-state index in [9.17, 15) is 9.59 Å². The summed E-state index contributed by atoms with van der Waals surface area (Å²) >= 11 is 6.00. The first kappa shape index (κ1) is 19.4. The molecule has 0 radical (unpaired) electrons. The van der Waals surface area contributed by atoms with Gasteiger partial charge >= 0.3 is 0 Å². The van der Waals surface area contributed by atoms with Crippen molar-refractivity contribution in [2.45, 2.75) is 63.8 Å². The average Bonchev–Trinajstić information content (AvgIpc) is 3.51. The average molecular weight is 415 g/mol. The minimum atomic E-state index is -0.134. The Bertz CT molecular complexity index is 751. The SMILES string of the molecule is O=C(CCNC(=O)C12CC3CC(CC(C3)C1)C2)NC(c1ccc(Cl)cc1)C1CC1. The maximum absolute atomic E-state index is 13.0. The minimum absolute atomic E-state index is 0.0164. The fourth-order valence-electron chi connectivity index (χ4n) is 6.68. The summed E-state index contributed by atoms with van der Waals surface area (Å²) in [5.41, 5.74) is 0.980. The van der Waals surface area contributed by atoms with Crippen LogP contribution in [0.5, 0.6) is 0 Å². The minimum Gasteiger partial charge on any atom is -0.355 e. The maximum Gasteiger partial charge on any atom is 0.226 e. The molecule has 1 atom stereocenters. The Morgan fingerprint density at radius 1 is 1.00 bits per heavy atom. The van der Waals surface area contributed by atoms with Crippen LogP contribution in [0, 0.1) is 29.1 Å². The first-order valence-electron chi connectivity index (χ1n) is 11.3. The van der Waals surface area contributed by atoms with Crippen molar-refractivity contribution in [2.24, 2.45) is 29.1 Å². The molecule has 2 N–H and O–H groups in total. The third-order valence-electron chi connectivity index (χ3n) is 7.80. The van der Waals surface area contributed by atoms with Gasteiger partial charge in [0.05, 0.1) is 6.04 Å². The molecule has 0 spiro atoms. The number of rotatable bonds is 7. The van der Waals surface area contributed by atoms with Crippen molar-refractivity contribution in [1.29, 1.82) is 0 Å². The van der Waals surface area contributed by atoms with Gasteiger partial charge in [-0.1, -0.05) is 23.7 Å². The predicted octanol–water partition coefficient (Wildman–Crippen LogP) is 4.63. The van der Waals surface area contributed by atoms with Crippen LogP contribution in [0.1, 0.15) is 69.4 Å². The highest BCUT2D eigenvalue weighted by molar-refractivity contribution is 6.30. The lowest BCUT2D eigenvalue weighted by Gasteiger charge is -2.55. The predicted molar refractivity (Wildman–Crippen MR) is 113 cm³/mol. The third-order valence-corrected chi connectivity index (χ3v) is 8.05. The van der Waals surface area contributed by atoms with Gasteiger partial charge in [-0.05, 0) is 92.7 Å². The lowest BCUT2D eigenvalue weighted by molar-refractivity contribution is -0.146. The molecule has 5 fully saturated rings. The molecule has 156 valence electrons. The van der Waals surface area contributed by atoms with Crippen LogP contribution in [0.2, 0.25) is 5.02 Å². The topological polar surface area (TPSA) is 58.2 Å². The van der Waals surface area contributed by atoms with Gasteiger partial charge in [0.1, 0.15) is 0 Å². The van der Waals surface area contributed by atoms with Crippen LogP contribution in [-0.4, -0.2) is 18.4 Å². The smallest absolute Gasteiger partial charge is 0.226 e. The Balaban J connectivity index is 1.13. The van der Waals surface area contributed by atoms with E-state index in [-0.39, 0.29) is 23.3 Å². The van der Waals surface area contributed by atoms with E-state index in [1.54, 1.807) is 0 Å². The van der Waals surface area contributed by atoms with E-state index in [1.807, 2.05) is 24.3 Å². The number of carbonyl (C=O) groups excluding carboxylic acids is 2. The van der Waals surface area contributed by atoms with Gasteiger partial charge in [0.25, 0.3) is 0 Å². The van der Waals surface area contributed by atoms with E-state index in [4.69, 9.17) is 11.6 Å². The van der Waals surface area contributed by atoms with Gasteiger partial charge in [0, 0.05) is 23.4 Å². The lowest BCUT2D eigenvalue weighted by Crippen LogP contribution is -2.53. The van der Waals surface area contributed by atoms with E-state index in [0.29, 0.717) is 23.9 Å². The fourth-order valence-corrected chi connectivity index (χ4v) is 6.81. The molecule has 5 saturated carbocycles. The van der Waals surface area contributed by atoms with Gasteiger partial charge in [0.15, 0.2) is 0 Å². The molecule has 0 aliphatic heterocycles. The van der Waals surface area contributed by atoms with Gasteiger partial charge in [-0.25, -0.2) is 0 Å². The molecule has 5 aliphatic rings. The molecule has 0 heterocycles. The number of carbonyl (C=O) groups is 2. The van der Waals surface area contributed by atoms with Crippen LogP contribution < -0.4 is 10.6 Å². The van der Waals surface area contributed by atoms with E-state index in [1.165, 1.54) is 19.3 Å². The summed E-state index contributed by atoms with van der Waals surface area (Å²) < 4.78 is 0. The number of halogens is 1.